The highest BCUT2D eigenvalue weighted by molar-refractivity contribution is 7.22. The summed E-state index contributed by atoms with van der Waals surface area (Å²) < 4.78 is 5.78. The highest BCUT2D eigenvalue weighted by atomic mass is 32.1. The summed E-state index contributed by atoms with van der Waals surface area (Å²) in [5.74, 6) is -0.639. The molecule has 0 saturated heterocycles. The van der Waals surface area contributed by atoms with E-state index in [-0.39, 0.29) is 11.9 Å². The third kappa shape index (κ3) is 3.36. The Balaban J connectivity index is 1.81. The Morgan fingerprint density at radius 1 is 1.17 bits per heavy atom. The molecule has 24 heavy (non-hydrogen) atoms. The number of amides is 1. The molecule has 0 bridgehead atoms. The van der Waals surface area contributed by atoms with E-state index in [0.29, 0.717) is 34.1 Å². The first-order valence-electron chi connectivity index (χ1n) is 7.31. The van der Waals surface area contributed by atoms with Gasteiger partial charge >= 0.3 is 5.97 Å². The number of esters is 1. The van der Waals surface area contributed by atoms with Crippen molar-refractivity contribution in [2.45, 2.75) is 6.92 Å². The van der Waals surface area contributed by atoms with Crippen LogP contribution in [-0.4, -0.2) is 23.5 Å². The number of nitrogen functional groups attached to an aromatic ring is 1. The number of ether oxygens (including phenoxy) is 1. The van der Waals surface area contributed by atoms with Crippen molar-refractivity contribution in [3.63, 3.8) is 0 Å². The van der Waals surface area contributed by atoms with E-state index in [9.17, 15) is 9.59 Å². The second-order valence-electron chi connectivity index (χ2n) is 5.00. The first-order valence-corrected chi connectivity index (χ1v) is 8.13. The summed E-state index contributed by atoms with van der Waals surface area (Å²) in [6.07, 6.45) is 0. The molecule has 2 aromatic carbocycles. The molecule has 0 saturated carbocycles. The number of carbonyl (C=O) groups is 2. The van der Waals surface area contributed by atoms with Crippen LogP contribution in [0.4, 0.5) is 10.8 Å². The van der Waals surface area contributed by atoms with E-state index in [1.807, 2.05) is 0 Å². The number of nitrogens with zero attached hydrogens (tertiary/aromatic N) is 1. The van der Waals surface area contributed by atoms with Crippen molar-refractivity contribution < 1.29 is 14.3 Å². The maximum absolute atomic E-state index is 12.2. The standard InChI is InChI=1S/C17H15N3O3S/c1-2-23-16(22)11-5-8-13-14(9-11)24-17(19-13)20-15(21)10-3-6-12(18)7-4-10/h3-9H,2,18H2,1H3,(H,19,20,21). The number of hydrogen-bond acceptors (Lipinski definition) is 6. The van der Waals surface area contributed by atoms with E-state index >= 15 is 0 Å². The van der Waals surface area contributed by atoms with Crippen molar-refractivity contribution in [1.29, 1.82) is 0 Å². The number of carbonyl (C=O) groups excluding carboxylic acids is 2. The predicted molar refractivity (Wildman–Crippen MR) is 94.4 cm³/mol. The zero-order valence-corrected chi connectivity index (χ0v) is 13.7. The number of nitrogens with two attached hydrogens (primary N) is 1. The van der Waals surface area contributed by atoms with E-state index in [1.165, 1.54) is 11.3 Å². The molecule has 0 aliphatic heterocycles. The zero-order chi connectivity index (χ0) is 17.1. The van der Waals surface area contributed by atoms with Gasteiger partial charge in [0.15, 0.2) is 5.13 Å². The van der Waals surface area contributed by atoms with Crippen LogP contribution in [0.15, 0.2) is 42.5 Å². The molecule has 1 heterocycles. The van der Waals surface area contributed by atoms with Gasteiger partial charge in [-0.05, 0) is 49.4 Å². The molecule has 0 spiro atoms. The number of hydrogen-bond donors (Lipinski definition) is 2. The van der Waals surface area contributed by atoms with Crippen molar-refractivity contribution in [2.75, 3.05) is 17.7 Å². The largest absolute Gasteiger partial charge is 0.462 e. The number of aromatic nitrogens is 1. The molecule has 6 nitrogen and oxygen atoms in total. The van der Waals surface area contributed by atoms with Crippen LogP contribution in [0.5, 0.6) is 0 Å². The predicted octanol–water partition coefficient (Wildman–Crippen LogP) is 3.31. The van der Waals surface area contributed by atoms with Gasteiger partial charge in [0, 0.05) is 11.3 Å². The molecule has 0 radical (unpaired) electrons. The Hall–Kier alpha value is -2.93. The van der Waals surface area contributed by atoms with Crippen molar-refractivity contribution in [1.82, 2.24) is 4.98 Å². The van der Waals surface area contributed by atoms with Gasteiger partial charge in [0.05, 0.1) is 22.4 Å². The van der Waals surface area contributed by atoms with Crippen molar-refractivity contribution in [2.24, 2.45) is 0 Å². The smallest absolute Gasteiger partial charge is 0.338 e. The Kier molecular flexibility index (Phi) is 4.43. The third-order valence-corrected chi connectivity index (χ3v) is 4.23. The number of fused-ring (bicyclic) bond motifs is 1. The van der Waals surface area contributed by atoms with Crippen LogP contribution in [-0.2, 0) is 4.74 Å². The van der Waals surface area contributed by atoms with Gasteiger partial charge in [-0.3, -0.25) is 10.1 Å². The van der Waals surface area contributed by atoms with Crippen molar-refractivity contribution >= 4 is 44.2 Å². The summed E-state index contributed by atoms with van der Waals surface area (Å²) in [4.78, 5) is 28.3. The fraction of sp³-hybridized carbons (Fsp3) is 0.118. The van der Waals surface area contributed by atoms with Crippen LogP contribution in [0.2, 0.25) is 0 Å². The molecule has 3 aromatic rings. The second kappa shape index (κ2) is 6.67. The topological polar surface area (TPSA) is 94.3 Å². The molecule has 0 unspecified atom stereocenters. The first kappa shape index (κ1) is 15.9. The average molecular weight is 341 g/mol. The van der Waals surface area contributed by atoms with Crippen LogP contribution < -0.4 is 11.1 Å². The van der Waals surface area contributed by atoms with Gasteiger partial charge < -0.3 is 10.5 Å². The Morgan fingerprint density at radius 2 is 1.88 bits per heavy atom. The van der Waals surface area contributed by atoms with Crippen LogP contribution in [0.3, 0.4) is 0 Å². The first-order chi connectivity index (χ1) is 11.6. The summed E-state index contributed by atoms with van der Waals surface area (Å²) in [6, 6.07) is 11.7. The van der Waals surface area contributed by atoms with Gasteiger partial charge in [0.25, 0.3) is 5.91 Å². The summed E-state index contributed by atoms with van der Waals surface area (Å²) in [5.41, 5.74) is 7.87. The van der Waals surface area contributed by atoms with Gasteiger partial charge in [-0.15, -0.1) is 0 Å². The van der Waals surface area contributed by atoms with E-state index < -0.39 is 0 Å². The molecule has 0 aliphatic rings. The van der Waals surface area contributed by atoms with Gasteiger partial charge in [0.2, 0.25) is 0 Å². The normalized spacial score (nSPS) is 10.5. The van der Waals surface area contributed by atoms with Gasteiger partial charge in [0.1, 0.15) is 0 Å². The molecule has 3 N–H and O–H groups in total. The number of benzene rings is 2. The molecular formula is C17H15N3O3S. The summed E-state index contributed by atoms with van der Waals surface area (Å²) in [6.45, 7) is 2.08. The van der Waals surface area contributed by atoms with E-state index in [0.717, 1.165) is 4.70 Å². The van der Waals surface area contributed by atoms with Gasteiger partial charge in [-0.2, -0.15) is 0 Å². The minimum atomic E-state index is -0.375. The lowest BCUT2D eigenvalue weighted by atomic mass is 10.2. The Morgan fingerprint density at radius 3 is 2.58 bits per heavy atom. The lowest BCUT2D eigenvalue weighted by Gasteiger charge is -2.01. The molecule has 1 amide bonds. The number of nitrogens with one attached hydrogen (secondary N) is 1. The quantitative estimate of drug-likeness (QED) is 0.561. The Labute approximate surface area is 142 Å². The van der Waals surface area contributed by atoms with Crippen molar-refractivity contribution in [3.8, 4) is 0 Å². The summed E-state index contributed by atoms with van der Waals surface area (Å²) >= 11 is 1.30. The number of thiazole rings is 1. The lowest BCUT2D eigenvalue weighted by molar-refractivity contribution is 0.0526. The minimum absolute atomic E-state index is 0.264. The maximum Gasteiger partial charge on any atom is 0.338 e. The SMILES string of the molecule is CCOC(=O)c1ccc2nc(NC(=O)c3ccc(N)cc3)sc2c1. The van der Waals surface area contributed by atoms with E-state index in [1.54, 1.807) is 49.4 Å². The fourth-order valence-corrected chi connectivity index (χ4v) is 3.02. The molecular weight excluding hydrogens is 326 g/mol. The second-order valence-corrected chi connectivity index (χ2v) is 6.03. The van der Waals surface area contributed by atoms with Gasteiger partial charge in [-0.25, -0.2) is 9.78 Å². The van der Waals surface area contributed by atoms with E-state index in [2.05, 4.69) is 10.3 Å². The molecule has 122 valence electrons. The van der Waals surface area contributed by atoms with Crippen LogP contribution in [0.1, 0.15) is 27.6 Å². The van der Waals surface area contributed by atoms with Crippen LogP contribution in [0, 0.1) is 0 Å². The third-order valence-electron chi connectivity index (χ3n) is 3.29. The lowest BCUT2D eigenvalue weighted by Crippen LogP contribution is -2.11. The highest BCUT2D eigenvalue weighted by Crippen LogP contribution is 2.27. The monoisotopic (exact) mass is 341 g/mol. The highest BCUT2D eigenvalue weighted by Gasteiger charge is 2.12. The molecule has 0 fully saturated rings. The molecule has 7 heteroatoms. The molecule has 0 atom stereocenters. The van der Waals surface area contributed by atoms with Crippen LogP contribution >= 0.6 is 11.3 Å². The zero-order valence-electron chi connectivity index (χ0n) is 12.9. The summed E-state index contributed by atoms with van der Waals surface area (Å²) in [5, 5.41) is 3.22. The fourth-order valence-electron chi connectivity index (χ4n) is 2.12. The maximum atomic E-state index is 12.2. The molecule has 3 rings (SSSR count). The molecule has 0 aliphatic carbocycles. The van der Waals surface area contributed by atoms with E-state index in [4.69, 9.17) is 10.5 Å². The summed E-state index contributed by atoms with van der Waals surface area (Å²) in [7, 11) is 0. The average Bonchev–Trinajstić information content (AvgIpc) is 2.96. The number of anilines is 2. The van der Waals surface area contributed by atoms with Gasteiger partial charge in [-0.1, -0.05) is 11.3 Å². The van der Waals surface area contributed by atoms with Crippen molar-refractivity contribution in [3.05, 3.63) is 53.6 Å². The molecule has 1 aromatic heterocycles. The van der Waals surface area contributed by atoms with Crippen LogP contribution in [0.25, 0.3) is 10.2 Å². The number of rotatable bonds is 4. The minimum Gasteiger partial charge on any atom is -0.462 e. The Bertz CT molecular complexity index is 903.